The quantitative estimate of drug-likeness (QED) is 0.809. The minimum Gasteiger partial charge on any atom is -0.497 e. The van der Waals surface area contributed by atoms with Crippen LogP contribution in [-0.4, -0.2) is 25.1 Å². The van der Waals surface area contributed by atoms with Gasteiger partial charge in [-0.15, -0.1) is 0 Å². The molecule has 5 heteroatoms. The molecule has 0 aliphatic carbocycles. The zero-order valence-electron chi connectivity index (χ0n) is 10.1. The Morgan fingerprint density at radius 1 is 1.44 bits per heavy atom. The molecule has 1 heterocycles. The van der Waals surface area contributed by atoms with Crippen LogP contribution in [0.4, 0.5) is 0 Å². The molecule has 1 N–H and O–H groups in total. The molecule has 0 spiro atoms. The van der Waals surface area contributed by atoms with E-state index in [0.29, 0.717) is 19.4 Å². The maximum Gasteiger partial charge on any atom is 0.306 e. The molecule has 1 aliphatic heterocycles. The predicted octanol–water partition coefficient (Wildman–Crippen LogP) is 1.02. The summed E-state index contributed by atoms with van der Waals surface area (Å²) in [4.78, 5) is 22.6. The molecule has 0 bridgehead atoms. The monoisotopic (exact) mass is 249 g/mol. The van der Waals surface area contributed by atoms with Gasteiger partial charge in [0.15, 0.2) is 6.10 Å². The van der Waals surface area contributed by atoms with Gasteiger partial charge in [-0.3, -0.25) is 9.59 Å². The molecule has 1 aliphatic rings. The van der Waals surface area contributed by atoms with E-state index in [1.165, 1.54) is 0 Å². The van der Waals surface area contributed by atoms with Crippen LogP contribution in [0.5, 0.6) is 5.75 Å². The lowest BCUT2D eigenvalue weighted by Crippen LogP contribution is -2.33. The van der Waals surface area contributed by atoms with Crippen LogP contribution in [-0.2, 0) is 20.9 Å². The molecule has 96 valence electrons. The van der Waals surface area contributed by atoms with Crippen LogP contribution >= 0.6 is 0 Å². The van der Waals surface area contributed by atoms with Crippen LogP contribution in [0.2, 0.25) is 0 Å². The van der Waals surface area contributed by atoms with Gasteiger partial charge >= 0.3 is 5.97 Å². The SMILES string of the molecule is COc1ccc(CNC(=O)C2CCC(=O)O2)cc1. The van der Waals surface area contributed by atoms with Crippen LogP contribution in [0, 0.1) is 0 Å². The van der Waals surface area contributed by atoms with Gasteiger partial charge < -0.3 is 14.8 Å². The number of hydrogen-bond donors (Lipinski definition) is 1. The second-order valence-electron chi connectivity index (χ2n) is 4.08. The number of ether oxygens (including phenoxy) is 2. The highest BCUT2D eigenvalue weighted by molar-refractivity contribution is 5.86. The van der Waals surface area contributed by atoms with Crippen molar-refractivity contribution in [2.75, 3.05) is 7.11 Å². The number of benzene rings is 1. The normalized spacial score (nSPS) is 18.3. The van der Waals surface area contributed by atoms with Crippen molar-refractivity contribution in [1.82, 2.24) is 5.32 Å². The fourth-order valence-electron chi connectivity index (χ4n) is 1.76. The molecule has 1 aromatic rings. The first-order valence-corrected chi connectivity index (χ1v) is 5.79. The summed E-state index contributed by atoms with van der Waals surface area (Å²) in [5.41, 5.74) is 0.966. The molecule has 2 rings (SSSR count). The molecule has 0 aromatic heterocycles. The van der Waals surface area contributed by atoms with E-state index in [1.807, 2.05) is 24.3 Å². The minimum absolute atomic E-state index is 0.239. The number of carbonyl (C=O) groups is 2. The lowest BCUT2D eigenvalue weighted by molar-refractivity contribution is -0.148. The van der Waals surface area contributed by atoms with Crippen molar-refractivity contribution >= 4 is 11.9 Å². The third-order valence-corrected chi connectivity index (χ3v) is 2.80. The van der Waals surface area contributed by atoms with E-state index >= 15 is 0 Å². The topological polar surface area (TPSA) is 64.6 Å². The lowest BCUT2D eigenvalue weighted by Gasteiger charge is -2.10. The smallest absolute Gasteiger partial charge is 0.306 e. The highest BCUT2D eigenvalue weighted by Gasteiger charge is 2.29. The Bertz CT molecular complexity index is 441. The molecule has 1 fully saturated rings. The molecule has 1 saturated heterocycles. The van der Waals surface area contributed by atoms with Crippen molar-refractivity contribution in [3.8, 4) is 5.75 Å². The summed E-state index contributed by atoms with van der Waals surface area (Å²) in [6.07, 6.45) is 0.157. The summed E-state index contributed by atoms with van der Waals surface area (Å²) in [6, 6.07) is 7.41. The first kappa shape index (κ1) is 12.4. The molecule has 0 radical (unpaired) electrons. The second-order valence-corrected chi connectivity index (χ2v) is 4.08. The Morgan fingerprint density at radius 3 is 2.72 bits per heavy atom. The van der Waals surface area contributed by atoms with E-state index in [9.17, 15) is 9.59 Å². The summed E-state index contributed by atoms with van der Waals surface area (Å²) in [5.74, 6) is 0.228. The van der Waals surface area contributed by atoms with Crippen molar-refractivity contribution in [1.29, 1.82) is 0 Å². The van der Waals surface area contributed by atoms with Gasteiger partial charge in [-0.2, -0.15) is 0 Å². The van der Waals surface area contributed by atoms with Gasteiger partial charge in [-0.1, -0.05) is 12.1 Å². The van der Waals surface area contributed by atoms with Crippen molar-refractivity contribution < 1.29 is 19.1 Å². The van der Waals surface area contributed by atoms with Crippen LogP contribution in [0.25, 0.3) is 0 Å². The Kier molecular flexibility index (Phi) is 3.82. The van der Waals surface area contributed by atoms with Crippen molar-refractivity contribution in [3.05, 3.63) is 29.8 Å². The van der Waals surface area contributed by atoms with Gasteiger partial charge in [0.25, 0.3) is 5.91 Å². The maximum atomic E-state index is 11.7. The molecular weight excluding hydrogens is 234 g/mol. The van der Waals surface area contributed by atoms with Gasteiger partial charge in [0.1, 0.15) is 5.75 Å². The van der Waals surface area contributed by atoms with E-state index in [1.54, 1.807) is 7.11 Å². The fraction of sp³-hybridized carbons (Fsp3) is 0.385. The summed E-state index contributed by atoms with van der Waals surface area (Å²) >= 11 is 0. The van der Waals surface area contributed by atoms with Crippen molar-refractivity contribution in [2.24, 2.45) is 0 Å². The summed E-state index contributed by atoms with van der Waals surface area (Å²) < 4.78 is 9.92. The Labute approximate surface area is 105 Å². The largest absolute Gasteiger partial charge is 0.497 e. The van der Waals surface area contributed by atoms with E-state index in [4.69, 9.17) is 9.47 Å². The maximum absolute atomic E-state index is 11.7. The number of nitrogens with one attached hydrogen (secondary N) is 1. The first-order valence-electron chi connectivity index (χ1n) is 5.79. The number of amides is 1. The minimum atomic E-state index is -0.629. The molecule has 1 atom stereocenters. The van der Waals surface area contributed by atoms with Gasteiger partial charge in [0.2, 0.25) is 0 Å². The number of carbonyl (C=O) groups excluding carboxylic acids is 2. The molecule has 5 nitrogen and oxygen atoms in total. The van der Waals surface area contributed by atoms with E-state index in [-0.39, 0.29) is 11.9 Å². The summed E-state index contributed by atoms with van der Waals surface area (Å²) in [7, 11) is 1.60. The number of esters is 1. The van der Waals surface area contributed by atoms with Gasteiger partial charge in [-0.25, -0.2) is 0 Å². The zero-order chi connectivity index (χ0) is 13.0. The molecule has 1 unspecified atom stereocenters. The number of rotatable bonds is 4. The van der Waals surface area contributed by atoms with Gasteiger partial charge in [0, 0.05) is 19.4 Å². The Morgan fingerprint density at radius 2 is 2.17 bits per heavy atom. The van der Waals surface area contributed by atoms with Crippen LogP contribution in [0.1, 0.15) is 18.4 Å². The van der Waals surface area contributed by atoms with Crippen LogP contribution in [0.15, 0.2) is 24.3 Å². The third kappa shape index (κ3) is 3.00. The van der Waals surface area contributed by atoms with Gasteiger partial charge in [-0.05, 0) is 17.7 Å². The van der Waals surface area contributed by atoms with Crippen LogP contribution < -0.4 is 10.1 Å². The zero-order valence-corrected chi connectivity index (χ0v) is 10.1. The molecule has 1 amide bonds. The van der Waals surface area contributed by atoms with E-state index in [2.05, 4.69) is 5.32 Å². The number of methoxy groups -OCH3 is 1. The summed E-state index contributed by atoms with van der Waals surface area (Å²) in [6.45, 7) is 0.414. The van der Waals surface area contributed by atoms with Crippen molar-refractivity contribution in [2.45, 2.75) is 25.5 Å². The fourth-order valence-corrected chi connectivity index (χ4v) is 1.76. The Balaban J connectivity index is 1.83. The van der Waals surface area contributed by atoms with Crippen LogP contribution in [0.3, 0.4) is 0 Å². The highest BCUT2D eigenvalue weighted by Crippen LogP contribution is 2.14. The molecule has 1 aromatic carbocycles. The average molecular weight is 249 g/mol. The molecular formula is C13H15NO4. The van der Waals surface area contributed by atoms with Gasteiger partial charge in [0.05, 0.1) is 7.11 Å². The molecule has 0 saturated carbocycles. The second kappa shape index (κ2) is 5.53. The lowest BCUT2D eigenvalue weighted by atomic mass is 10.2. The molecule has 18 heavy (non-hydrogen) atoms. The number of hydrogen-bond acceptors (Lipinski definition) is 4. The average Bonchev–Trinajstić information content (AvgIpc) is 2.83. The number of cyclic esters (lactones) is 1. The third-order valence-electron chi connectivity index (χ3n) is 2.80. The standard InChI is InChI=1S/C13H15NO4/c1-17-10-4-2-9(3-5-10)8-14-13(16)11-6-7-12(15)18-11/h2-5,11H,6-8H2,1H3,(H,14,16). The summed E-state index contributed by atoms with van der Waals surface area (Å²) in [5, 5.41) is 2.74. The first-order chi connectivity index (χ1) is 8.69. The highest BCUT2D eigenvalue weighted by atomic mass is 16.6. The Hall–Kier alpha value is -2.04. The van der Waals surface area contributed by atoms with E-state index in [0.717, 1.165) is 11.3 Å². The van der Waals surface area contributed by atoms with Crippen molar-refractivity contribution in [3.63, 3.8) is 0 Å². The van der Waals surface area contributed by atoms with E-state index < -0.39 is 6.10 Å². The predicted molar refractivity (Wildman–Crippen MR) is 64.0 cm³/mol.